The van der Waals surface area contributed by atoms with Crippen LogP contribution in [0.3, 0.4) is 0 Å². The van der Waals surface area contributed by atoms with Crippen LogP contribution in [0.1, 0.15) is 16.7 Å². The second kappa shape index (κ2) is 5.72. The van der Waals surface area contributed by atoms with E-state index in [1.165, 1.54) is 16.7 Å². The number of methoxy groups -OCH3 is 1. The first kappa shape index (κ1) is 13.4. The van der Waals surface area contributed by atoms with Crippen molar-refractivity contribution in [1.29, 1.82) is 0 Å². The molecular formula is C15H24N2O. The van der Waals surface area contributed by atoms with Crippen LogP contribution in [0.15, 0.2) is 12.1 Å². The van der Waals surface area contributed by atoms with Crippen LogP contribution in [0.25, 0.3) is 0 Å². The average molecular weight is 248 g/mol. The highest BCUT2D eigenvalue weighted by Crippen LogP contribution is 2.24. The van der Waals surface area contributed by atoms with Crippen LogP contribution in [0.4, 0.5) is 0 Å². The third-order valence-electron chi connectivity index (χ3n) is 3.86. The smallest absolute Gasteiger partial charge is 0.124 e. The van der Waals surface area contributed by atoms with Crippen molar-refractivity contribution in [2.45, 2.75) is 26.3 Å². The second-order valence-corrected chi connectivity index (χ2v) is 5.31. The van der Waals surface area contributed by atoms with Gasteiger partial charge < -0.3 is 15.0 Å². The van der Waals surface area contributed by atoms with Crippen LogP contribution in [0.5, 0.6) is 5.75 Å². The molecule has 18 heavy (non-hydrogen) atoms. The highest BCUT2D eigenvalue weighted by molar-refractivity contribution is 5.43. The summed E-state index contributed by atoms with van der Waals surface area (Å²) in [5.74, 6) is 1.02. The van der Waals surface area contributed by atoms with E-state index in [1.807, 2.05) is 0 Å². The van der Waals surface area contributed by atoms with Crippen LogP contribution in [-0.4, -0.2) is 44.7 Å². The number of hydrogen-bond acceptors (Lipinski definition) is 3. The molecule has 1 aromatic carbocycles. The molecule has 0 amide bonds. The van der Waals surface area contributed by atoms with Crippen molar-refractivity contribution in [2.75, 3.05) is 33.8 Å². The van der Waals surface area contributed by atoms with Gasteiger partial charge in [0.25, 0.3) is 0 Å². The van der Waals surface area contributed by atoms with E-state index in [9.17, 15) is 0 Å². The van der Waals surface area contributed by atoms with E-state index in [0.717, 1.165) is 37.8 Å². The number of rotatable bonds is 5. The molecular weight excluding hydrogens is 224 g/mol. The molecule has 1 heterocycles. The minimum Gasteiger partial charge on any atom is -0.496 e. The lowest BCUT2D eigenvalue weighted by Crippen LogP contribution is -2.56. The van der Waals surface area contributed by atoms with E-state index < -0.39 is 0 Å². The maximum absolute atomic E-state index is 5.40. The third kappa shape index (κ3) is 2.85. The first-order valence-electron chi connectivity index (χ1n) is 6.67. The second-order valence-electron chi connectivity index (χ2n) is 5.31. The van der Waals surface area contributed by atoms with Crippen molar-refractivity contribution in [3.63, 3.8) is 0 Å². The van der Waals surface area contributed by atoms with Gasteiger partial charge in [-0.15, -0.1) is 0 Å². The molecule has 1 saturated heterocycles. The Labute approximate surface area is 110 Å². The molecule has 3 nitrogen and oxygen atoms in total. The van der Waals surface area contributed by atoms with Crippen molar-refractivity contribution in [3.8, 4) is 5.75 Å². The Balaban J connectivity index is 1.96. The predicted molar refractivity (Wildman–Crippen MR) is 75.5 cm³/mol. The standard InChI is InChI=1S/C15H24N2O/c1-11-7-13(8-12(2)15(11)18-4)5-6-17(3)14-9-16-10-14/h7-8,14,16H,5-6,9-10H2,1-4H3. The lowest BCUT2D eigenvalue weighted by Gasteiger charge is -2.35. The fourth-order valence-corrected chi connectivity index (χ4v) is 2.58. The summed E-state index contributed by atoms with van der Waals surface area (Å²) in [6.45, 7) is 7.63. The van der Waals surface area contributed by atoms with Gasteiger partial charge in [0.1, 0.15) is 5.75 Å². The quantitative estimate of drug-likeness (QED) is 0.859. The maximum Gasteiger partial charge on any atom is 0.124 e. The first-order chi connectivity index (χ1) is 8.61. The summed E-state index contributed by atoms with van der Waals surface area (Å²) in [5, 5.41) is 3.32. The fraction of sp³-hybridized carbons (Fsp3) is 0.600. The van der Waals surface area contributed by atoms with Gasteiger partial charge in [0.2, 0.25) is 0 Å². The highest BCUT2D eigenvalue weighted by atomic mass is 16.5. The Morgan fingerprint density at radius 2 is 1.89 bits per heavy atom. The van der Waals surface area contributed by atoms with E-state index in [4.69, 9.17) is 4.74 Å². The topological polar surface area (TPSA) is 24.5 Å². The molecule has 0 bridgehead atoms. The summed E-state index contributed by atoms with van der Waals surface area (Å²) in [6, 6.07) is 5.22. The normalized spacial score (nSPS) is 15.8. The summed E-state index contributed by atoms with van der Waals surface area (Å²) in [7, 11) is 3.96. The van der Waals surface area contributed by atoms with E-state index in [0.29, 0.717) is 0 Å². The lowest BCUT2D eigenvalue weighted by molar-refractivity contribution is 0.182. The number of nitrogens with one attached hydrogen (secondary N) is 1. The molecule has 1 N–H and O–H groups in total. The highest BCUT2D eigenvalue weighted by Gasteiger charge is 2.20. The van der Waals surface area contributed by atoms with Crippen molar-refractivity contribution in [2.24, 2.45) is 0 Å². The largest absolute Gasteiger partial charge is 0.496 e. The van der Waals surface area contributed by atoms with E-state index in [-0.39, 0.29) is 0 Å². The Bertz CT molecular complexity index is 390. The minimum atomic E-state index is 0.727. The number of aryl methyl sites for hydroxylation is 2. The summed E-state index contributed by atoms with van der Waals surface area (Å²) in [4.78, 5) is 2.45. The summed E-state index contributed by atoms with van der Waals surface area (Å²) in [5.41, 5.74) is 3.88. The van der Waals surface area contributed by atoms with Crippen molar-refractivity contribution in [3.05, 3.63) is 28.8 Å². The zero-order valence-electron chi connectivity index (χ0n) is 11.9. The van der Waals surface area contributed by atoms with Crippen LogP contribution in [-0.2, 0) is 6.42 Å². The molecule has 1 aromatic rings. The van der Waals surface area contributed by atoms with Gasteiger partial charge in [-0.25, -0.2) is 0 Å². The fourth-order valence-electron chi connectivity index (χ4n) is 2.58. The van der Waals surface area contributed by atoms with E-state index in [1.54, 1.807) is 7.11 Å². The monoisotopic (exact) mass is 248 g/mol. The van der Waals surface area contributed by atoms with E-state index in [2.05, 4.69) is 43.2 Å². The Morgan fingerprint density at radius 1 is 1.28 bits per heavy atom. The van der Waals surface area contributed by atoms with Gasteiger partial charge in [-0.05, 0) is 44.0 Å². The van der Waals surface area contributed by atoms with Gasteiger partial charge in [-0.3, -0.25) is 0 Å². The third-order valence-corrected chi connectivity index (χ3v) is 3.86. The van der Waals surface area contributed by atoms with Crippen LogP contribution >= 0.6 is 0 Å². The summed E-state index contributed by atoms with van der Waals surface area (Å²) < 4.78 is 5.40. The van der Waals surface area contributed by atoms with Gasteiger partial charge in [-0.2, -0.15) is 0 Å². The predicted octanol–water partition coefficient (Wildman–Crippen LogP) is 1.76. The maximum atomic E-state index is 5.40. The molecule has 1 aliphatic heterocycles. The van der Waals surface area contributed by atoms with Crippen LogP contribution in [0.2, 0.25) is 0 Å². The number of hydrogen-bond donors (Lipinski definition) is 1. The number of benzene rings is 1. The summed E-state index contributed by atoms with van der Waals surface area (Å²) >= 11 is 0. The molecule has 0 atom stereocenters. The SMILES string of the molecule is COc1c(C)cc(CCN(C)C2CNC2)cc1C. The number of likely N-dealkylation sites (N-methyl/N-ethyl adjacent to an activating group) is 1. The Hall–Kier alpha value is -1.06. The molecule has 1 fully saturated rings. The number of nitrogens with zero attached hydrogens (tertiary/aromatic N) is 1. The van der Waals surface area contributed by atoms with Gasteiger partial charge in [-0.1, -0.05) is 12.1 Å². The minimum absolute atomic E-state index is 0.727. The first-order valence-corrected chi connectivity index (χ1v) is 6.67. The van der Waals surface area contributed by atoms with Crippen LogP contribution in [0, 0.1) is 13.8 Å². The average Bonchev–Trinajstić information content (AvgIpc) is 2.23. The van der Waals surface area contributed by atoms with E-state index >= 15 is 0 Å². The molecule has 2 rings (SSSR count). The Kier molecular flexibility index (Phi) is 4.25. The lowest BCUT2D eigenvalue weighted by atomic mass is 10.0. The van der Waals surface area contributed by atoms with Gasteiger partial charge in [0, 0.05) is 25.7 Å². The molecule has 0 spiro atoms. The molecule has 0 radical (unpaired) electrons. The molecule has 0 aliphatic carbocycles. The van der Waals surface area contributed by atoms with Gasteiger partial charge >= 0.3 is 0 Å². The van der Waals surface area contributed by atoms with Crippen LogP contribution < -0.4 is 10.1 Å². The molecule has 0 unspecified atom stereocenters. The zero-order chi connectivity index (χ0) is 13.1. The zero-order valence-corrected chi connectivity index (χ0v) is 11.9. The molecule has 0 aromatic heterocycles. The molecule has 1 aliphatic rings. The number of ether oxygens (including phenoxy) is 1. The van der Waals surface area contributed by atoms with Crippen molar-refractivity contribution >= 4 is 0 Å². The molecule has 3 heteroatoms. The van der Waals surface area contributed by atoms with Crippen molar-refractivity contribution < 1.29 is 4.74 Å². The summed E-state index contributed by atoms with van der Waals surface area (Å²) in [6.07, 6.45) is 1.11. The Morgan fingerprint density at radius 3 is 2.33 bits per heavy atom. The van der Waals surface area contributed by atoms with Gasteiger partial charge in [0.15, 0.2) is 0 Å². The van der Waals surface area contributed by atoms with Crippen molar-refractivity contribution in [1.82, 2.24) is 10.2 Å². The van der Waals surface area contributed by atoms with Gasteiger partial charge in [0.05, 0.1) is 7.11 Å². The molecule has 0 saturated carbocycles. The molecule has 100 valence electrons.